The Kier molecular flexibility index (Phi) is 2.74. The SMILES string of the molecule is CC(=O)Nc1ccc(F)c2c1[C@](C)(O)CC2(C)C. The average Bonchev–Trinajstić information content (AvgIpc) is 2.36. The van der Waals surface area contributed by atoms with Crippen molar-refractivity contribution in [2.45, 2.75) is 45.1 Å². The van der Waals surface area contributed by atoms with Gasteiger partial charge in [-0.1, -0.05) is 13.8 Å². The molecule has 0 saturated carbocycles. The number of hydrogen-bond donors (Lipinski definition) is 2. The van der Waals surface area contributed by atoms with E-state index in [9.17, 15) is 14.3 Å². The minimum atomic E-state index is -1.13. The standard InChI is InChI=1S/C14H18FNO2/c1-8(17)16-10-6-5-9(15)11-12(10)14(4,18)7-13(11,2)3/h5-6,18H,7H2,1-4H3,(H,16,17)/t14-/m1/s1. The van der Waals surface area contributed by atoms with Crippen LogP contribution in [0.25, 0.3) is 0 Å². The maximum atomic E-state index is 14.0. The summed E-state index contributed by atoms with van der Waals surface area (Å²) in [6.07, 6.45) is 0.433. The highest BCUT2D eigenvalue weighted by Crippen LogP contribution is 2.51. The van der Waals surface area contributed by atoms with E-state index in [0.717, 1.165) is 0 Å². The van der Waals surface area contributed by atoms with Gasteiger partial charge < -0.3 is 10.4 Å². The highest BCUT2D eigenvalue weighted by molar-refractivity contribution is 5.90. The number of carbonyl (C=O) groups is 1. The lowest BCUT2D eigenvalue weighted by Crippen LogP contribution is -2.22. The smallest absolute Gasteiger partial charge is 0.221 e. The fourth-order valence-corrected chi connectivity index (χ4v) is 3.13. The summed E-state index contributed by atoms with van der Waals surface area (Å²) in [4.78, 5) is 11.2. The van der Waals surface area contributed by atoms with E-state index in [2.05, 4.69) is 5.32 Å². The van der Waals surface area contributed by atoms with Crippen LogP contribution in [0.2, 0.25) is 0 Å². The summed E-state index contributed by atoms with van der Waals surface area (Å²) >= 11 is 0. The van der Waals surface area contributed by atoms with E-state index in [-0.39, 0.29) is 11.7 Å². The summed E-state index contributed by atoms with van der Waals surface area (Å²) in [6, 6.07) is 2.85. The molecular weight excluding hydrogens is 233 g/mol. The van der Waals surface area contributed by atoms with Gasteiger partial charge in [0.25, 0.3) is 0 Å². The molecule has 18 heavy (non-hydrogen) atoms. The molecule has 0 aliphatic heterocycles. The van der Waals surface area contributed by atoms with Gasteiger partial charge in [0.2, 0.25) is 5.91 Å². The topological polar surface area (TPSA) is 49.3 Å². The molecule has 1 aromatic rings. The molecule has 4 heteroatoms. The Hall–Kier alpha value is -1.42. The van der Waals surface area contributed by atoms with Crippen LogP contribution in [-0.4, -0.2) is 11.0 Å². The Balaban J connectivity index is 2.70. The Bertz CT molecular complexity index is 521. The Morgan fingerprint density at radius 3 is 2.50 bits per heavy atom. The molecule has 0 unspecified atom stereocenters. The molecule has 3 nitrogen and oxygen atoms in total. The highest BCUT2D eigenvalue weighted by atomic mass is 19.1. The van der Waals surface area contributed by atoms with Crippen LogP contribution in [-0.2, 0) is 15.8 Å². The third kappa shape index (κ3) is 1.90. The fourth-order valence-electron chi connectivity index (χ4n) is 3.13. The van der Waals surface area contributed by atoms with E-state index in [4.69, 9.17) is 0 Å². The zero-order valence-electron chi connectivity index (χ0n) is 11.1. The zero-order chi connectivity index (χ0) is 13.7. The summed E-state index contributed by atoms with van der Waals surface area (Å²) in [5.41, 5.74) is -0.0771. The first-order valence-corrected chi connectivity index (χ1v) is 5.98. The molecule has 1 aromatic carbocycles. The zero-order valence-corrected chi connectivity index (χ0v) is 11.1. The van der Waals surface area contributed by atoms with Crippen LogP contribution in [0.4, 0.5) is 10.1 Å². The van der Waals surface area contributed by atoms with Crippen LogP contribution < -0.4 is 5.32 Å². The summed E-state index contributed by atoms with van der Waals surface area (Å²) < 4.78 is 14.0. The van der Waals surface area contributed by atoms with Crippen LogP contribution in [0.1, 0.15) is 45.2 Å². The van der Waals surface area contributed by atoms with Crippen molar-refractivity contribution in [3.63, 3.8) is 0 Å². The van der Waals surface area contributed by atoms with Crippen LogP contribution in [0.3, 0.4) is 0 Å². The number of aliphatic hydroxyl groups is 1. The number of amides is 1. The number of fused-ring (bicyclic) bond motifs is 1. The van der Waals surface area contributed by atoms with Crippen LogP contribution in [0.15, 0.2) is 12.1 Å². The maximum Gasteiger partial charge on any atom is 0.221 e. The molecular formula is C14H18FNO2. The first kappa shape index (κ1) is 13.0. The molecule has 0 bridgehead atoms. The van der Waals surface area contributed by atoms with Crippen molar-refractivity contribution < 1.29 is 14.3 Å². The molecule has 0 spiro atoms. The van der Waals surface area contributed by atoms with E-state index in [1.54, 1.807) is 6.92 Å². The predicted octanol–water partition coefficient (Wildman–Crippen LogP) is 2.67. The summed E-state index contributed by atoms with van der Waals surface area (Å²) in [5.74, 6) is -0.564. The van der Waals surface area contributed by atoms with Crippen molar-refractivity contribution in [3.8, 4) is 0 Å². The van der Waals surface area contributed by atoms with Crippen LogP contribution in [0.5, 0.6) is 0 Å². The van der Waals surface area contributed by atoms with Gasteiger partial charge in [0.15, 0.2) is 0 Å². The quantitative estimate of drug-likeness (QED) is 0.806. The van der Waals surface area contributed by atoms with Crippen molar-refractivity contribution in [1.82, 2.24) is 0 Å². The maximum absolute atomic E-state index is 14.0. The average molecular weight is 251 g/mol. The number of halogens is 1. The Labute approximate surface area is 106 Å². The molecule has 2 N–H and O–H groups in total. The summed E-state index contributed by atoms with van der Waals surface area (Å²) in [5, 5.41) is 13.1. The molecule has 1 aliphatic carbocycles. The van der Waals surface area contributed by atoms with Gasteiger partial charge in [0.05, 0.1) is 5.60 Å². The number of benzene rings is 1. The number of anilines is 1. The second-order valence-corrected chi connectivity index (χ2v) is 5.86. The van der Waals surface area contributed by atoms with Gasteiger partial charge in [-0.15, -0.1) is 0 Å². The van der Waals surface area contributed by atoms with Crippen molar-refractivity contribution >= 4 is 11.6 Å². The molecule has 0 radical (unpaired) electrons. The third-order valence-electron chi connectivity index (χ3n) is 3.47. The minimum Gasteiger partial charge on any atom is -0.385 e. The first-order valence-electron chi connectivity index (χ1n) is 5.98. The molecule has 0 fully saturated rings. The van der Waals surface area contributed by atoms with Gasteiger partial charge in [-0.2, -0.15) is 0 Å². The number of nitrogens with one attached hydrogen (secondary N) is 1. The van der Waals surface area contributed by atoms with Crippen molar-refractivity contribution in [3.05, 3.63) is 29.1 Å². The number of carbonyl (C=O) groups excluding carboxylic acids is 1. The molecule has 0 aromatic heterocycles. The van der Waals surface area contributed by atoms with Gasteiger partial charge in [-0.25, -0.2) is 4.39 Å². The van der Waals surface area contributed by atoms with Crippen molar-refractivity contribution in [2.24, 2.45) is 0 Å². The highest BCUT2D eigenvalue weighted by Gasteiger charge is 2.47. The van der Waals surface area contributed by atoms with Crippen LogP contribution >= 0.6 is 0 Å². The molecule has 0 saturated heterocycles. The second kappa shape index (κ2) is 3.79. The molecule has 1 aliphatic rings. The van der Waals surface area contributed by atoms with Gasteiger partial charge in [-0.05, 0) is 30.9 Å². The lowest BCUT2D eigenvalue weighted by atomic mass is 9.85. The molecule has 2 rings (SSSR count). The molecule has 1 atom stereocenters. The largest absolute Gasteiger partial charge is 0.385 e. The second-order valence-electron chi connectivity index (χ2n) is 5.86. The number of rotatable bonds is 1. The molecule has 0 heterocycles. The summed E-state index contributed by atoms with van der Waals surface area (Å²) in [6.45, 7) is 6.84. The van der Waals surface area contributed by atoms with E-state index < -0.39 is 11.0 Å². The lowest BCUT2D eigenvalue weighted by molar-refractivity contribution is -0.114. The minimum absolute atomic E-state index is 0.232. The number of hydrogen-bond acceptors (Lipinski definition) is 2. The normalized spacial score (nSPS) is 24.8. The first-order chi connectivity index (χ1) is 8.15. The van der Waals surface area contributed by atoms with Gasteiger partial charge >= 0.3 is 0 Å². The van der Waals surface area contributed by atoms with E-state index in [1.807, 2.05) is 13.8 Å². The van der Waals surface area contributed by atoms with Gasteiger partial charge in [-0.3, -0.25) is 4.79 Å². The Morgan fingerprint density at radius 1 is 1.33 bits per heavy atom. The Morgan fingerprint density at radius 2 is 1.94 bits per heavy atom. The van der Waals surface area contributed by atoms with Crippen molar-refractivity contribution in [2.75, 3.05) is 5.32 Å². The third-order valence-corrected chi connectivity index (χ3v) is 3.47. The van der Waals surface area contributed by atoms with E-state index in [1.165, 1.54) is 19.1 Å². The summed E-state index contributed by atoms with van der Waals surface area (Å²) in [7, 11) is 0. The predicted molar refractivity (Wildman–Crippen MR) is 67.9 cm³/mol. The monoisotopic (exact) mass is 251 g/mol. The van der Waals surface area contributed by atoms with E-state index >= 15 is 0 Å². The molecule has 1 amide bonds. The lowest BCUT2D eigenvalue weighted by Gasteiger charge is -2.22. The fraction of sp³-hybridized carbons (Fsp3) is 0.500. The van der Waals surface area contributed by atoms with Gasteiger partial charge in [0, 0.05) is 23.7 Å². The van der Waals surface area contributed by atoms with Crippen molar-refractivity contribution in [1.29, 1.82) is 0 Å². The molecule has 98 valence electrons. The van der Waals surface area contributed by atoms with E-state index in [0.29, 0.717) is 23.2 Å². The van der Waals surface area contributed by atoms with Crippen LogP contribution in [0, 0.1) is 5.82 Å². The van der Waals surface area contributed by atoms with Gasteiger partial charge in [0.1, 0.15) is 5.82 Å².